The van der Waals surface area contributed by atoms with E-state index in [9.17, 15) is 9.18 Å². The number of primary amides is 1. The summed E-state index contributed by atoms with van der Waals surface area (Å²) in [5.74, 6) is -0.288. The van der Waals surface area contributed by atoms with Crippen molar-refractivity contribution in [3.05, 3.63) is 71.0 Å². The molecule has 2 amide bonds. The van der Waals surface area contributed by atoms with Gasteiger partial charge in [0.1, 0.15) is 5.82 Å². The number of carbonyl (C=O) groups is 1. The van der Waals surface area contributed by atoms with Gasteiger partial charge in [-0.1, -0.05) is 36.4 Å². The number of nitrogens with two attached hydrogens (primary N) is 1. The van der Waals surface area contributed by atoms with Crippen LogP contribution in [0.5, 0.6) is 0 Å². The molecule has 4 heteroatoms. The zero-order chi connectivity index (χ0) is 14.1. The molecule has 20 heavy (non-hydrogen) atoms. The van der Waals surface area contributed by atoms with Gasteiger partial charge >= 0.3 is 6.03 Å². The zero-order valence-electron chi connectivity index (χ0n) is 10.9. The maximum absolute atomic E-state index is 13.1. The molecule has 0 saturated carbocycles. The third-order valence-corrected chi connectivity index (χ3v) is 3.75. The highest BCUT2D eigenvalue weighted by molar-refractivity contribution is 5.74. The van der Waals surface area contributed by atoms with Crippen LogP contribution in [0.15, 0.2) is 48.5 Å². The Morgan fingerprint density at radius 2 is 1.85 bits per heavy atom. The second-order valence-corrected chi connectivity index (χ2v) is 4.93. The van der Waals surface area contributed by atoms with E-state index >= 15 is 0 Å². The smallest absolute Gasteiger partial charge is 0.315 e. The molecule has 1 unspecified atom stereocenters. The number of amides is 2. The quantitative estimate of drug-likeness (QED) is 0.851. The van der Waals surface area contributed by atoms with Crippen molar-refractivity contribution < 1.29 is 9.18 Å². The van der Waals surface area contributed by atoms with Crippen molar-refractivity contribution in [2.24, 2.45) is 5.73 Å². The van der Waals surface area contributed by atoms with E-state index in [2.05, 4.69) is 6.07 Å². The standard InChI is InChI=1S/C16H15FN2O/c17-13-7-5-12(6-8-13)15-14-4-2-1-3-11(14)9-10-19(15)16(18)20/h1-8,15H,9-10H2,(H2,18,20). The Kier molecular flexibility index (Phi) is 3.14. The van der Waals surface area contributed by atoms with Gasteiger partial charge in [-0.05, 0) is 35.2 Å². The zero-order valence-corrected chi connectivity index (χ0v) is 10.9. The summed E-state index contributed by atoms with van der Waals surface area (Å²) in [5, 5.41) is 0. The summed E-state index contributed by atoms with van der Waals surface area (Å²) in [6.07, 6.45) is 0.789. The Balaban J connectivity index is 2.11. The number of hydrogen-bond acceptors (Lipinski definition) is 1. The van der Waals surface area contributed by atoms with Gasteiger partial charge in [-0.15, -0.1) is 0 Å². The lowest BCUT2D eigenvalue weighted by Gasteiger charge is -2.36. The average Bonchev–Trinajstić information content (AvgIpc) is 2.47. The van der Waals surface area contributed by atoms with Crippen LogP contribution in [0.3, 0.4) is 0 Å². The fourth-order valence-electron chi connectivity index (χ4n) is 2.81. The van der Waals surface area contributed by atoms with Gasteiger partial charge < -0.3 is 10.6 Å². The summed E-state index contributed by atoms with van der Waals surface area (Å²) < 4.78 is 13.1. The number of fused-ring (bicyclic) bond motifs is 1. The minimum Gasteiger partial charge on any atom is -0.351 e. The number of halogens is 1. The number of urea groups is 1. The highest BCUT2D eigenvalue weighted by Crippen LogP contribution is 2.34. The van der Waals surface area contributed by atoms with Gasteiger partial charge in [0.25, 0.3) is 0 Å². The molecular weight excluding hydrogens is 255 g/mol. The Hall–Kier alpha value is -2.36. The van der Waals surface area contributed by atoms with Gasteiger partial charge in [-0.2, -0.15) is 0 Å². The molecule has 0 radical (unpaired) electrons. The van der Waals surface area contributed by atoms with E-state index in [0.717, 1.165) is 17.5 Å². The minimum absolute atomic E-state index is 0.238. The molecule has 1 aliphatic heterocycles. The summed E-state index contributed by atoms with van der Waals surface area (Å²) in [6, 6.07) is 13.5. The maximum atomic E-state index is 13.1. The summed E-state index contributed by atoms with van der Waals surface area (Å²) in [4.78, 5) is 13.3. The van der Waals surface area contributed by atoms with Crippen LogP contribution in [0.2, 0.25) is 0 Å². The van der Waals surface area contributed by atoms with E-state index in [4.69, 9.17) is 5.73 Å². The predicted molar refractivity (Wildman–Crippen MR) is 74.7 cm³/mol. The molecule has 3 nitrogen and oxygen atoms in total. The van der Waals surface area contributed by atoms with E-state index in [-0.39, 0.29) is 11.9 Å². The number of hydrogen-bond donors (Lipinski definition) is 1. The topological polar surface area (TPSA) is 46.3 Å². The highest BCUT2D eigenvalue weighted by atomic mass is 19.1. The molecule has 0 aliphatic carbocycles. The molecule has 102 valence electrons. The van der Waals surface area contributed by atoms with E-state index < -0.39 is 6.03 Å². The molecule has 2 aromatic carbocycles. The van der Waals surface area contributed by atoms with Crippen LogP contribution in [-0.2, 0) is 6.42 Å². The monoisotopic (exact) mass is 270 g/mol. The van der Waals surface area contributed by atoms with Crippen molar-refractivity contribution in [1.29, 1.82) is 0 Å². The largest absolute Gasteiger partial charge is 0.351 e. The van der Waals surface area contributed by atoms with Gasteiger partial charge in [0.2, 0.25) is 0 Å². The first-order chi connectivity index (χ1) is 9.66. The molecule has 2 N–H and O–H groups in total. The number of carbonyl (C=O) groups excluding carboxylic acids is 1. The first-order valence-corrected chi connectivity index (χ1v) is 6.56. The average molecular weight is 270 g/mol. The second kappa shape index (κ2) is 4.96. The van der Waals surface area contributed by atoms with Gasteiger partial charge in [-0.25, -0.2) is 9.18 Å². The molecule has 2 aromatic rings. The van der Waals surface area contributed by atoms with Crippen molar-refractivity contribution >= 4 is 6.03 Å². The van der Waals surface area contributed by atoms with Crippen LogP contribution >= 0.6 is 0 Å². The summed E-state index contributed by atoms with van der Waals surface area (Å²) >= 11 is 0. The lowest BCUT2D eigenvalue weighted by molar-refractivity contribution is 0.190. The number of nitrogens with zero attached hydrogens (tertiary/aromatic N) is 1. The van der Waals surface area contributed by atoms with Crippen molar-refractivity contribution in [3.63, 3.8) is 0 Å². The Morgan fingerprint density at radius 3 is 2.55 bits per heavy atom. The molecule has 0 fully saturated rings. The Bertz CT molecular complexity index is 639. The molecule has 0 aromatic heterocycles. The van der Waals surface area contributed by atoms with Gasteiger partial charge in [0.15, 0.2) is 0 Å². The van der Waals surface area contributed by atoms with Crippen LogP contribution in [0.25, 0.3) is 0 Å². The lowest BCUT2D eigenvalue weighted by Crippen LogP contribution is -2.43. The van der Waals surface area contributed by atoms with E-state index in [1.807, 2.05) is 18.2 Å². The van der Waals surface area contributed by atoms with Crippen LogP contribution in [0, 0.1) is 5.82 Å². The molecule has 3 rings (SSSR count). The minimum atomic E-state index is -0.450. The fourth-order valence-corrected chi connectivity index (χ4v) is 2.81. The fraction of sp³-hybridized carbons (Fsp3) is 0.188. The molecule has 1 heterocycles. The first-order valence-electron chi connectivity index (χ1n) is 6.56. The van der Waals surface area contributed by atoms with Crippen LogP contribution in [0.1, 0.15) is 22.7 Å². The molecule has 0 spiro atoms. The van der Waals surface area contributed by atoms with Crippen molar-refractivity contribution in [3.8, 4) is 0 Å². The number of benzene rings is 2. The third kappa shape index (κ3) is 2.13. The van der Waals surface area contributed by atoms with Crippen LogP contribution < -0.4 is 5.73 Å². The van der Waals surface area contributed by atoms with Gasteiger partial charge in [-0.3, -0.25) is 0 Å². The van der Waals surface area contributed by atoms with Gasteiger partial charge in [0, 0.05) is 6.54 Å². The second-order valence-electron chi connectivity index (χ2n) is 4.93. The summed E-state index contributed by atoms with van der Waals surface area (Å²) in [7, 11) is 0. The molecule has 0 saturated heterocycles. The van der Waals surface area contributed by atoms with E-state index in [1.165, 1.54) is 17.7 Å². The van der Waals surface area contributed by atoms with Crippen molar-refractivity contribution in [1.82, 2.24) is 4.90 Å². The van der Waals surface area contributed by atoms with Crippen molar-refractivity contribution in [2.75, 3.05) is 6.54 Å². The molecule has 1 atom stereocenters. The molecular formula is C16H15FN2O. The highest BCUT2D eigenvalue weighted by Gasteiger charge is 2.30. The van der Waals surface area contributed by atoms with Gasteiger partial charge in [0.05, 0.1) is 6.04 Å². The summed E-state index contributed by atoms with van der Waals surface area (Å²) in [6.45, 7) is 0.578. The molecule has 0 bridgehead atoms. The van der Waals surface area contributed by atoms with E-state index in [0.29, 0.717) is 6.54 Å². The molecule has 1 aliphatic rings. The predicted octanol–water partition coefficient (Wildman–Crippen LogP) is 2.85. The Labute approximate surface area is 116 Å². The van der Waals surface area contributed by atoms with Crippen LogP contribution in [-0.4, -0.2) is 17.5 Å². The normalized spacial score (nSPS) is 17.6. The summed E-state index contributed by atoms with van der Waals surface area (Å²) in [5.41, 5.74) is 8.63. The van der Waals surface area contributed by atoms with Crippen LogP contribution in [0.4, 0.5) is 9.18 Å². The third-order valence-electron chi connectivity index (χ3n) is 3.75. The SMILES string of the molecule is NC(=O)N1CCc2ccccc2C1c1ccc(F)cc1. The number of rotatable bonds is 1. The first kappa shape index (κ1) is 12.7. The lowest BCUT2D eigenvalue weighted by atomic mass is 9.88. The maximum Gasteiger partial charge on any atom is 0.315 e. The van der Waals surface area contributed by atoms with Crippen molar-refractivity contribution in [2.45, 2.75) is 12.5 Å². The Morgan fingerprint density at radius 1 is 1.15 bits per heavy atom. The van der Waals surface area contributed by atoms with E-state index in [1.54, 1.807) is 17.0 Å².